The summed E-state index contributed by atoms with van der Waals surface area (Å²) in [5, 5.41) is 11.0. The van der Waals surface area contributed by atoms with Crippen molar-refractivity contribution in [2.45, 2.75) is 37.8 Å². The maximum atomic E-state index is 12.3. The minimum atomic E-state index is -0.439. The van der Waals surface area contributed by atoms with Gasteiger partial charge in [-0.25, -0.2) is 4.98 Å². The number of hydrogen-bond acceptors (Lipinski definition) is 5. The molecule has 0 unspecified atom stereocenters. The minimum absolute atomic E-state index is 0.0978. The van der Waals surface area contributed by atoms with Crippen LogP contribution in [0.25, 0.3) is 11.3 Å². The molecule has 1 N–H and O–H groups in total. The molecule has 3 heterocycles. The van der Waals surface area contributed by atoms with E-state index in [1.54, 1.807) is 6.07 Å². The number of ether oxygens (including phenoxy) is 1. The highest BCUT2D eigenvalue weighted by molar-refractivity contribution is 5.90. The van der Waals surface area contributed by atoms with Crippen LogP contribution in [-0.2, 0) is 11.2 Å². The van der Waals surface area contributed by atoms with Crippen molar-refractivity contribution in [1.82, 2.24) is 4.98 Å². The molecule has 2 aliphatic heterocycles. The number of terminal acetylenes is 1. The largest absolute Gasteiger partial charge is 0.493 e. The molecule has 2 aliphatic rings. The molecule has 6 nitrogen and oxygen atoms in total. The van der Waals surface area contributed by atoms with Gasteiger partial charge in [-0.3, -0.25) is 4.79 Å². The Bertz CT molecular complexity index is 939. The van der Waals surface area contributed by atoms with Crippen LogP contribution < -0.4 is 10.1 Å². The molecule has 27 heavy (non-hydrogen) atoms. The van der Waals surface area contributed by atoms with Crippen molar-refractivity contribution in [3.05, 3.63) is 42.0 Å². The topological polar surface area (TPSA) is 75.9 Å². The molecular formula is C21H20N4O2. The van der Waals surface area contributed by atoms with E-state index in [0.29, 0.717) is 31.5 Å². The van der Waals surface area contributed by atoms with Crippen LogP contribution in [0.5, 0.6) is 5.75 Å². The van der Waals surface area contributed by atoms with Gasteiger partial charge in [-0.15, -0.1) is 12.3 Å². The van der Waals surface area contributed by atoms with Gasteiger partial charge < -0.3 is 10.1 Å². The first kappa shape index (κ1) is 17.2. The minimum Gasteiger partial charge on any atom is -0.493 e. The van der Waals surface area contributed by atoms with Crippen molar-refractivity contribution in [2.75, 3.05) is 11.9 Å². The molecule has 0 spiro atoms. The summed E-state index contributed by atoms with van der Waals surface area (Å²) in [5.41, 5.74) is 2.59. The zero-order valence-electron chi connectivity index (χ0n) is 14.9. The second-order valence-corrected chi connectivity index (χ2v) is 6.76. The number of carbonyl (C=O) groups excluding carboxylic acids is 1. The van der Waals surface area contributed by atoms with Crippen molar-refractivity contribution in [3.8, 4) is 29.4 Å². The Morgan fingerprint density at radius 2 is 2.15 bits per heavy atom. The van der Waals surface area contributed by atoms with E-state index in [9.17, 15) is 4.79 Å². The van der Waals surface area contributed by atoms with Crippen LogP contribution in [0.4, 0.5) is 5.82 Å². The standard InChI is InChI=1S/C21H20N4O2/c1-2-3-11-21(24-25-21)12-9-20(26)23-19-6-4-5-17(22-19)15-7-8-18-16(14-15)10-13-27-18/h1,4-8,14H,3,9-13H2,(H,22,23,26). The summed E-state index contributed by atoms with van der Waals surface area (Å²) < 4.78 is 5.55. The Morgan fingerprint density at radius 1 is 1.26 bits per heavy atom. The van der Waals surface area contributed by atoms with Gasteiger partial charge in [-0.1, -0.05) is 6.07 Å². The molecule has 136 valence electrons. The SMILES string of the molecule is C#CCCC1(CCC(=O)Nc2cccc(-c3ccc4c(c3)CCO4)n2)N=N1. The number of rotatable bonds is 7. The molecule has 0 radical (unpaired) electrons. The molecule has 1 amide bonds. The van der Waals surface area contributed by atoms with Gasteiger partial charge in [-0.05, 0) is 35.9 Å². The van der Waals surface area contributed by atoms with Crippen molar-refractivity contribution >= 4 is 11.7 Å². The van der Waals surface area contributed by atoms with Crippen LogP contribution in [0.1, 0.15) is 31.2 Å². The van der Waals surface area contributed by atoms with E-state index in [1.165, 1.54) is 5.56 Å². The summed E-state index contributed by atoms with van der Waals surface area (Å²) in [7, 11) is 0. The highest BCUT2D eigenvalue weighted by Gasteiger charge is 2.39. The van der Waals surface area contributed by atoms with E-state index in [2.05, 4.69) is 32.5 Å². The summed E-state index contributed by atoms with van der Waals surface area (Å²) in [4.78, 5) is 16.8. The molecule has 0 saturated heterocycles. The predicted molar refractivity (Wildman–Crippen MR) is 102 cm³/mol. The molecule has 0 aliphatic carbocycles. The fourth-order valence-electron chi connectivity index (χ4n) is 3.20. The third-order valence-electron chi connectivity index (χ3n) is 4.81. The van der Waals surface area contributed by atoms with Gasteiger partial charge in [0, 0.05) is 37.7 Å². The lowest BCUT2D eigenvalue weighted by Gasteiger charge is -2.10. The third-order valence-corrected chi connectivity index (χ3v) is 4.81. The van der Waals surface area contributed by atoms with E-state index in [0.717, 1.165) is 30.0 Å². The van der Waals surface area contributed by atoms with Crippen LogP contribution in [0.3, 0.4) is 0 Å². The third kappa shape index (κ3) is 3.98. The molecule has 2 aromatic rings. The van der Waals surface area contributed by atoms with Crippen molar-refractivity contribution in [2.24, 2.45) is 10.2 Å². The molecular weight excluding hydrogens is 340 g/mol. The van der Waals surface area contributed by atoms with E-state index in [-0.39, 0.29) is 5.91 Å². The summed E-state index contributed by atoms with van der Waals surface area (Å²) >= 11 is 0. The van der Waals surface area contributed by atoms with Crippen LogP contribution in [0, 0.1) is 12.3 Å². The second-order valence-electron chi connectivity index (χ2n) is 6.76. The van der Waals surface area contributed by atoms with Crippen LogP contribution in [0.2, 0.25) is 0 Å². The fourth-order valence-corrected chi connectivity index (χ4v) is 3.20. The molecule has 0 atom stereocenters. The number of hydrogen-bond donors (Lipinski definition) is 1. The summed E-state index contributed by atoms with van der Waals surface area (Å²) in [6.45, 7) is 0.726. The van der Waals surface area contributed by atoms with Crippen molar-refractivity contribution < 1.29 is 9.53 Å². The van der Waals surface area contributed by atoms with Gasteiger partial charge in [0.1, 0.15) is 11.6 Å². The number of carbonyl (C=O) groups is 1. The normalized spacial score (nSPS) is 15.5. The monoisotopic (exact) mass is 360 g/mol. The maximum Gasteiger partial charge on any atom is 0.225 e. The van der Waals surface area contributed by atoms with Gasteiger partial charge in [-0.2, -0.15) is 10.2 Å². The first-order chi connectivity index (χ1) is 13.2. The van der Waals surface area contributed by atoms with E-state index in [1.807, 2.05) is 24.3 Å². The average Bonchev–Trinajstić information content (AvgIpc) is 3.31. The maximum absolute atomic E-state index is 12.3. The Kier molecular flexibility index (Phi) is 4.59. The van der Waals surface area contributed by atoms with E-state index < -0.39 is 5.66 Å². The first-order valence-corrected chi connectivity index (χ1v) is 9.08. The Hall–Kier alpha value is -3.20. The zero-order chi connectivity index (χ0) is 18.7. The zero-order valence-corrected chi connectivity index (χ0v) is 14.9. The Labute approximate surface area is 158 Å². The Morgan fingerprint density at radius 3 is 2.96 bits per heavy atom. The smallest absolute Gasteiger partial charge is 0.225 e. The molecule has 4 rings (SSSR count). The number of nitrogens with zero attached hydrogens (tertiary/aromatic N) is 3. The van der Waals surface area contributed by atoms with E-state index >= 15 is 0 Å². The van der Waals surface area contributed by atoms with Crippen molar-refractivity contribution in [1.29, 1.82) is 0 Å². The molecule has 0 bridgehead atoms. The highest BCUT2D eigenvalue weighted by atomic mass is 16.5. The summed E-state index contributed by atoms with van der Waals surface area (Å²) in [6, 6.07) is 11.7. The Balaban J connectivity index is 1.38. The lowest BCUT2D eigenvalue weighted by atomic mass is 10.0. The van der Waals surface area contributed by atoms with Gasteiger partial charge >= 0.3 is 0 Å². The second kappa shape index (κ2) is 7.20. The van der Waals surface area contributed by atoms with Crippen molar-refractivity contribution in [3.63, 3.8) is 0 Å². The van der Waals surface area contributed by atoms with Crippen LogP contribution in [0.15, 0.2) is 46.6 Å². The molecule has 6 heteroatoms. The summed E-state index contributed by atoms with van der Waals surface area (Å²) in [6.07, 6.45) is 8.42. The predicted octanol–water partition coefficient (Wildman–Crippen LogP) is 3.98. The fraction of sp³-hybridized carbons (Fsp3) is 0.333. The number of pyridine rings is 1. The number of benzene rings is 1. The number of nitrogens with one attached hydrogen (secondary N) is 1. The lowest BCUT2D eigenvalue weighted by Crippen LogP contribution is -2.18. The quantitative estimate of drug-likeness (QED) is 0.759. The highest BCUT2D eigenvalue weighted by Crippen LogP contribution is 2.37. The number of anilines is 1. The molecule has 1 aromatic carbocycles. The summed E-state index contributed by atoms with van der Waals surface area (Å²) in [5.74, 6) is 3.97. The first-order valence-electron chi connectivity index (χ1n) is 9.08. The van der Waals surface area contributed by atoms with Gasteiger partial charge in [0.05, 0.1) is 12.3 Å². The number of fused-ring (bicyclic) bond motifs is 1. The number of aromatic nitrogens is 1. The average molecular weight is 360 g/mol. The van der Waals surface area contributed by atoms with Crippen LogP contribution >= 0.6 is 0 Å². The molecule has 1 aromatic heterocycles. The van der Waals surface area contributed by atoms with Gasteiger partial charge in [0.15, 0.2) is 5.66 Å². The number of amides is 1. The van der Waals surface area contributed by atoms with Gasteiger partial charge in [0.25, 0.3) is 0 Å². The molecule has 0 saturated carbocycles. The van der Waals surface area contributed by atoms with Gasteiger partial charge in [0.2, 0.25) is 5.91 Å². The van der Waals surface area contributed by atoms with Crippen LogP contribution in [-0.4, -0.2) is 23.2 Å². The molecule has 0 fully saturated rings. The van der Waals surface area contributed by atoms with E-state index in [4.69, 9.17) is 11.2 Å². The lowest BCUT2D eigenvalue weighted by molar-refractivity contribution is -0.116.